The lowest BCUT2D eigenvalue weighted by atomic mass is 10.1. The fraction of sp³-hybridized carbons (Fsp3) is 0.286. The van der Waals surface area contributed by atoms with Gasteiger partial charge in [0.1, 0.15) is 12.4 Å². The molecule has 0 radical (unpaired) electrons. The van der Waals surface area contributed by atoms with E-state index < -0.39 is 21.6 Å². The standard InChI is InChI=1S/C14H15NO6S/c1-20-9-3-4-10-11(8-15-12(10)7-9)13(16)14(17)21-5-6-22(2,18)19/h3-4,7-8,15H,5-6H2,1-2H3. The Kier molecular flexibility index (Phi) is 4.51. The van der Waals surface area contributed by atoms with Crippen molar-refractivity contribution in [2.45, 2.75) is 0 Å². The van der Waals surface area contributed by atoms with Gasteiger partial charge in [-0.1, -0.05) is 0 Å². The number of ether oxygens (including phenoxy) is 2. The molecule has 0 amide bonds. The van der Waals surface area contributed by atoms with E-state index in [1.54, 1.807) is 18.2 Å². The van der Waals surface area contributed by atoms with Crippen LogP contribution in [-0.2, 0) is 19.4 Å². The summed E-state index contributed by atoms with van der Waals surface area (Å²) in [6, 6.07) is 5.02. The van der Waals surface area contributed by atoms with Gasteiger partial charge in [-0.05, 0) is 12.1 Å². The van der Waals surface area contributed by atoms with Crippen LogP contribution in [-0.4, -0.2) is 50.9 Å². The van der Waals surface area contributed by atoms with Gasteiger partial charge < -0.3 is 14.5 Å². The molecule has 0 aliphatic rings. The molecule has 0 spiro atoms. The minimum atomic E-state index is -3.25. The van der Waals surface area contributed by atoms with Crippen molar-refractivity contribution in [3.63, 3.8) is 0 Å². The average Bonchev–Trinajstić information content (AvgIpc) is 2.87. The third-order valence-electron chi connectivity index (χ3n) is 3.01. The number of ketones is 1. The van der Waals surface area contributed by atoms with E-state index in [9.17, 15) is 18.0 Å². The molecule has 0 atom stereocenters. The van der Waals surface area contributed by atoms with E-state index in [4.69, 9.17) is 9.47 Å². The molecule has 1 heterocycles. The number of fused-ring (bicyclic) bond motifs is 1. The Morgan fingerprint density at radius 1 is 1.27 bits per heavy atom. The summed E-state index contributed by atoms with van der Waals surface area (Å²) < 4.78 is 31.7. The summed E-state index contributed by atoms with van der Waals surface area (Å²) >= 11 is 0. The molecule has 0 saturated carbocycles. The molecule has 7 nitrogen and oxygen atoms in total. The van der Waals surface area contributed by atoms with Crippen molar-refractivity contribution in [2.24, 2.45) is 0 Å². The summed E-state index contributed by atoms with van der Waals surface area (Å²) in [5, 5.41) is 0.561. The molecule has 118 valence electrons. The second kappa shape index (κ2) is 6.18. The van der Waals surface area contributed by atoms with Gasteiger partial charge in [0.15, 0.2) is 9.84 Å². The van der Waals surface area contributed by atoms with Crippen molar-refractivity contribution in [2.75, 3.05) is 25.7 Å². The molecule has 1 aromatic heterocycles. The first kappa shape index (κ1) is 16.0. The number of Topliss-reactive ketones (excluding diaryl/α,β-unsaturated/α-hetero) is 1. The van der Waals surface area contributed by atoms with Gasteiger partial charge in [0.25, 0.3) is 5.78 Å². The minimum absolute atomic E-state index is 0.169. The fourth-order valence-corrected chi connectivity index (χ4v) is 2.27. The van der Waals surface area contributed by atoms with Crippen LogP contribution >= 0.6 is 0 Å². The highest BCUT2D eigenvalue weighted by Gasteiger charge is 2.22. The van der Waals surface area contributed by atoms with E-state index in [-0.39, 0.29) is 17.9 Å². The smallest absolute Gasteiger partial charge is 0.379 e. The van der Waals surface area contributed by atoms with Gasteiger partial charge in [0.05, 0.1) is 18.4 Å². The molecule has 0 saturated heterocycles. The molecule has 22 heavy (non-hydrogen) atoms. The van der Waals surface area contributed by atoms with Gasteiger partial charge in [-0.3, -0.25) is 4.79 Å². The average molecular weight is 325 g/mol. The van der Waals surface area contributed by atoms with Gasteiger partial charge in [-0.25, -0.2) is 13.2 Å². The van der Waals surface area contributed by atoms with Gasteiger partial charge in [-0.2, -0.15) is 0 Å². The lowest BCUT2D eigenvalue weighted by Gasteiger charge is -2.03. The number of aromatic amines is 1. The molecule has 1 aromatic carbocycles. The van der Waals surface area contributed by atoms with Crippen LogP contribution in [0.15, 0.2) is 24.4 Å². The van der Waals surface area contributed by atoms with Crippen molar-refractivity contribution in [3.8, 4) is 5.75 Å². The number of benzene rings is 1. The van der Waals surface area contributed by atoms with Crippen LogP contribution in [0.3, 0.4) is 0 Å². The molecule has 0 bridgehead atoms. The van der Waals surface area contributed by atoms with Crippen molar-refractivity contribution >= 4 is 32.5 Å². The van der Waals surface area contributed by atoms with Gasteiger partial charge >= 0.3 is 5.97 Å². The van der Waals surface area contributed by atoms with Gasteiger partial charge in [-0.15, -0.1) is 0 Å². The van der Waals surface area contributed by atoms with Crippen LogP contribution in [0.2, 0.25) is 0 Å². The molecule has 0 unspecified atom stereocenters. The third kappa shape index (κ3) is 3.64. The van der Waals surface area contributed by atoms with Crippen LogP contribution in [0.5, 0.6) is 5.75 Å². The van der Waals surface area contributed by atoms with Crippen LogP contribution in [0.25, 0.3) is 10.9 Å². The maximum absolute atomic E-state index is 12.1. The second-order valence-electron chi connectivity index (χ2n) is 4.71. The molecular formula is C14H15NO6S. The number of aromatic nitrogens is 1. The zero-order valence-corrected chi connectivity index (χ0v) is 12.9. The van der Waals surface area contributed by atoms with E-state index in [0.29, 0.717) is 16.7 Å². The van der Waals surface area contributed by atoms with Crippen LogP contribution in [0.4, 0.5) is 0 Å². The highest BCUT2D eigenvalue weighted by atomic mass is 32.2. The summed E-state index contributed by atoms with van der Waals surface area (Å²) in [4.78, 5) is 26.6. The largest absolute Gasteiger partial charge is 0.497 e. The Bertz CT molecular complexity index is 821. The van der Waals surface area contributed by atoms with Crippen molar-refractivity contribution in [1.82, 2.24) is 4.98 Å². The van der Waals surface area contributed by atoms with Crippen molar-refractivity contribution < 1.29 is 27.5 Å². The number of carbonyl (C=O) groups excluding carboxylic acids is 2. The van der Waals surface area contributed by atoms with E-state index in [1.807, 2.05) is 0 Å². The molecule has 0 aliphatic heterocycles. The summed E-state index contributed by atoms with van der Waals surface area (Å²) in [7, 11) is -1.73. The van der Waals surface area contributed by atoms with Crippen molar-refractivity contribution in [1.29, 1.82) is 0 Å². The number of sulfone groups is 1. The van der Waals surface area contributed by atoms with Gasteiger partial charge in [0, 0.05) is 29.4 Å². The molecule has 2 rings (SSSR count). The first-order valence-corrected chi connectivity index (χ1v) is 8.42. The Labute approximate surface area is 127 Å². The quantitative estimate of drug-likeness (QED) is 0.482. The monoisotopic (exact) mass is 325 g/mol. The maximum atomic E-state index is 12.1. The number of methoxy groups -OCH3 is 1. The van der Waals surface area contributed by atoms with Crippen LogP contribution < -0.4 is 4.74 Å². The topological polar surface area (TPSA) is 103 Å². The number of esters is 1. The number of rotatable bonds is 6. The molecule has 1 N–H and O–H groups in total. The zero-order chi connectivity index (χ0) is 16.3. The summed E-state index contributed by atoms with van der Waals surface area (Å²) in [5.41, 5.74) is 0.814. The van der Waals surface area contributed by atoms with E-state index in [2.05, 4.69) is 4.98 Å². The summed E-state index contributed by atoms with van der Waals surface area (Å²) in [5.74, 6) is -1.62. The number of hydrogen-bond acceptors (Lipinski definition) is 6. The number of carbonyl (C=O) groups is 2. The first-order valence-electron chi connectivity index (χ1n) is 6.36. The van der Waals surface area contributed by atoms with E-state index in [1.165, 1.54) is 13.3 Å². The van der Waals surface area contributed by atoms with Crippen molar-refractivity contribution in [3.05, 3.63) is 30.0 Å². The van der Waals surface area contributed by atoms with Crippen LogP contribution in [0, 0.1) is 0 Å². The van der Waals surface area contributed by atoms with E-state index >= 15 is 0 Å². The summed E-state index contributed by atoms with van der Waals surface area (Å²) in [6.45, 7) is -0.348. The minimum Gasteiger partial charge on any atom is -0.497 e. The number of H-pyrrole nitrogens is 1. The Hall–Kier alpha value is -2.35. The lowest BCUT2D eigenvalue weighted by Crippen LogP contribution is -2.21. The zero-order valence-electron chi connectivity index (χ0n) is 12.1. The highest BCUT2D eigenvalue weighted by Crippen LogP contribution is 2.23. The molecule has 0 fully saturated rings. The molecule has 8 heteroatoms. The summed E-state index contributed by atoms with van der Waals surface area (Å²) in [6.07, 6.45) is 2.43. The Morgan fingerprint density at radius 3 is 2.64 bits per heavy atom. The maximum Gasteiger partial charge on any atom is 0.379 e. The number of nitrogens with one attached hydrogen (secondary N) is 1. The SMILES string of the molecule is COc1ccc2c(C(=O)C(=O)OCCS(C)(=O)=O)c[nH]c2c1. The lowest BCUT2D eigenvalue weighted by molar-refractivity contribution is -0.137. The molecular weight excluding hydrogens is 310 g/mol. The normalized spacial score (nSPS) is 11.4. The molecule has 2 aromatic rings. The Balaban J connectivity index is 2.14. The van der Waals surface area contributed by atoms with E-state index in [0.717, 1.165) is 6.26 Å². The predicted molar refractivity (Wildman–Crippen MR) is 79.9 cm³/mol. The van der Waals surface area contributed by atoms with Gasteiger partial charge in [0.2, 0.25) is 0 Å². The molecule has 0 aliphatic carbocycles. The third-order valence-corrected chi connectivity index (χ3v) is 3.91. The van der Waals surface area contributed by atoms with Crippen LogP contribution in [0.1, 0.15) is 10.4 Å². The second-order valence-corrected chi connectivity index (χ2v) is 6.97. The fourth-order valence-electron chi connectivity index (χ4n) is 1.88. The predicted octanol–water partition coefficient (Wildman–Crippen LogP) is 0.947. The number of hydrogen-bond donors (Lipinski definition) is 1. The first-order chi connectivity index (χ1) is 10.3. The highest BCUT2D eigenvalue weighted by molar-refractivity contribution is 7.90. The Morgan fingerprint density at radius 2 is 2.00 bits per heavy atom.